The Hall–Kier alpha value is -2.96. The maximum absolute atomic E-state index is 12.5. The van der Waals surface area contributed by atoms with Crippen molar-refractivity contribution in [1.82, 2.24) is 29.9 Å². The van der Waals surface area contributed by atoms with Gasteiger partial charge in [-0.15, -0.1) is 10.2 Å². The van der Waals surface area contributed by atoms with Gasteiger partial charge in [-0.05, 0) is 57.0 Å². The molecular formula is C20H24N6O. The van der Waals surface area contributed by atoms with Crippen molar-refractivity contribution in [3.05, 3.63) is 58.9 Å². The number of carbonyl (C=O) groups is 1. The molecule has 1 aliphatic heterocycles. The molecule has 0 bridgehead atoms. The molecule has 0 unspecified atom stereocenters. The molecule has 1 amide bonds. The van der Waals surface area contributed by atoms with Gasteiger partial charge >= 0.3 is 0 Å². The molecule has 2 aromatic heterocycles. The van der Waals surface area contributed by atoms with Gasteiger partial charge in [-0.3, -0.25) is 4.79 Å². The van der Waals surface area contributed by atoms with E-state index in [-0.39, 0.29) is 5.91 Å². The zero-order chi connectivity index (χ0) is 18.8. The number of fused-ring (bicyclic) bond motifs is 1. The maximum Gasteiger partial charge on any atom is 0.251 e. The van der Waals surface area contributed by atoms with E-state index in [2.05, 4.69) is 25.2 Å². The minimum atomic E-state index is -0.110. The van der Waals surface area contributed by atoms with Gasteiger partial charge in [-0.25, -0.2) is 4.68 Å². The highest BCUT2D eigenvalue weighted by Gasteiger charge is 2.15. The summed E-state index contributed by atoms with van der Waals surface area (Å²) in [5.74, 6) is 1.76. The van der Waals surface area contributed by atoms with Gasteiger partial charge in [-0.2, -0.15) is 5.10 Å². The highest BCUT2D eigenvalue weighted by Crippen LogP contribution is 2.15. The zero-order valence-corrected chi connectivity index (χ0v) is 15.8. The van der Waals surface area contributed by atoms with E-state index in [1.807, 2.05) is 48.9 Å². The van der Waals surface area contributed by atoms with Crippen molar-refractivity contribution in [2.24, 2.45) is 0 Å². The van der Waals surface area contributed by atoms with Gasteiger partial charge in [0.1, 0.15) is 5.82 Å². The van der Waals surface area contributed by atoms with Gasteiger partial charge in [0, 0.05) is 24.2 Å². The first kappa shape index (κ1) is 17.5. The number of nitrogens with one attached hydrogen (secondary N) is 1. The molecule has 0 fully saturated rings. The monoisotopic (exact) mass is 364 g/mol. The lowest BCUT2D eigenvalue weighted by molar-refractivity contribution is 0.0949. The molecule has 0 spiro atoms. The third-order valence-corrected chi connectivity index (χ3v) is 4.98. The van der Waals surface area contributed by atoms with Crippen molar-refractivity contribution in [2.75, 3.05) is 0 Å². The van der Waals surface area contributed by atoms with Crippen LogP contribution in [0.1, 0.15) is 52.7 Å². The van der Waals surface area contributed by atoms with Crippen LogP contribution in [0.25, 0.3) is 5.69 Å². The SMILES string of the molecule is Cc1cc(C)n(-c2ccc(C(=O)NCc3nnc4n3CCCCC4)cc2)n1. The summed E-state index contributed by atoms with van der Waals surface area (Å²) in [6.45, 7) is 5.31. The number of aromatic nitrogens is 5. The molecule has 0 radical (unpaired) electrons. The Bertz CT molecular complexity index is 954. The number of hydrogen-bond acceptors (Lipinski definition) is 4. The molecule has 3 aromatic rings. The van der Waals surface area contributed by atoms with E-state index in [4.69, 9.17) is 0 Å². The smallest absolute Gasteiger partial charge is 0.251 e. The molecule has 1 N–H and O–H groups in total. The summed E-state index contributed by atoms with van der Waals surface area (Å²) in [4.78, 5) is 12.5. The van der Waals surface area contributed by atoms with Crippen LogP contribution in [-0.2, 0) is 19.5 Å². The number of hydrogen-bond donors (Lipinski definition) is 1. The fourth-order valence-electron chi connectivity index (χ4n) is 3.58. The lowest BCUT2D eigenvalue weighted by Crippen LogP contribution is -2.25. The van der Waals surface area contributed by atoms with Gasteiger partial charge in [0.15, 0.2) is 5.82 Å². The molecule has 4 rings (SSSR count). The Morgan fingerprint density at radius 1 is 1.11 bits per heavy atom. The minimum absolute atomic E-state index is 0.110. The molecule has 0 saturated carbocycles. The second-order valence-electron chi connectivity index (χ2n) is 7.06. The Labute approximate surface area is 158 Å². The van der Waals surface area contributed by atoms with Gasteiger partial charge in [0.25, 0.3) is 5.91 Å². The lowest BCUT2D eigenvalue weighted by atomic mass is 10.2. The van der Waals surface area contributed by atoms with Crippen LogP contribution in [0.5, 0.6) is 0 Å². The first-order chi connectivity index (χ1) is 13.1. The van der Waals surface area contributed by atoms with Crippen LogP contribution in [0.15, 0.2) is 30.3 Å². The fourth-order valence-corrected chi connectivity index (χ4v) is 3.58. The van der Waals surface area contributed by atoms with E-state index in [9.17, 15) is 4.79 Å². The van der Waals surface area contributed by atoms with Crippen molar-refractivity contribution >= 4 is 5.91 Å². The van der Waals surface area contributed by atoms with Crippen molar-refractivity contribution in [1.29, 1.82) is 0 Å². The van der Waals surface area contributed by atoms with Crippen LogP contribution < -0.4 is 5.32 Å². The average molecular weight is 364 g/mol. The summed E-state index contributed by atoms with van der Waals surface area (Å²) in [6, 6.07) is 9.51. The second kappa shape index (κ2) is 7.34. The molecular weight excluding hydrogens is 340 g/mol. The van der Waals surface area contributed by atoms with Crippen molar-refractivity contribution in [3.8, 4) is 5.69 Å². The molecule has 0 atom stereocenters. The molecule has 7 heteroatoms. The summed E-state index contributed by atoms with van der Waals surface area (Å²) in [5.41, 5.74) is 3.61. The van der Waals surface area contributed by atoms with Crippen LogP contribution in [0.2, 0.25) is 0 Å². The summed E-state index contributed by atoms with van der Waals surface area (Å²) < 4.78 is 4.03. The van der Waals surface area contributed by atoms with Gasteiger partial charge in [0.2, 0.25) is 0 Å². The summed E-state index contributed by atoms with van der Waals surface area (Å²) in [5, 5.41) is 16.0. The fraction of sp³-hybridized carbons (Fsp3) is 0.400. The van der Waals surface area contributed by atoms with E-state index < -0.39 is 0 Å². The Morgan fingerprint density at radius 3 is 2.67 bits per heavy atom. The average Bonchev–Trinajstić information content (AvgIpc) is 3.12. The van der Waals surface area contributed by atoms with Crippen LogP contribution in [0, 0.1) is 13.8 Å². The first-order valence-electron chi connectivity index (χ1n) is 9.44. The van der Waals surface area contributed by atoms with Crippen LogP contribution >= 0.6 is 0 Å². The van der Waals surface area contributed by atoms with E-state index in [0.29, 0.717) is 12.1 Å². The highest BCUT2D eigenvalue weighted by atomic mass is 16.1. The van der Waals surface area contributed by atoms with Crippen molar-refractivity contribution < 1.29 is 4.79 Å². The number of nitrogens with zero attached hydrogens (tertiary/aromatic N) is 5. The van der Waals surface area contributed by atoms with Gasteiger partial charge < -0.3 is 9.88 Å². The maximum atomic E-state index is 12.5. The highest BCUT2D eigenvalue weighted by molar-refractivity contribution is 5.94. The van der Waals surface area contributed by atoms with E-state index in [0.717, 1.165) is 54.5 Å². The van der Waals surface area contributed by atoms with Crippen LogP contribution in [0.4, 0.5) is 0 Å². The van der Waals surface area contributed by atoms with Gasteiger partial charge in [0.05, 0.1) is 17.9 Å². The topological polar surface area (TPSA) is 77.6 Å². The number of rotatable bonds is 4. The lowest BCUT2D eigenvalue weighted by Gasteiger charge is -2.09. The normalized spacial score (nSPS) is 13.9. The molecule has 7 nitrogen and oxygen atoms in total. The number of carbonyl (C=O) groups excluding carboxylic acids is 1. The molecule has 1 aliphatic rings. The van der Waals surface area contributed by atoms with E-state index >= 15 is 0 Å². The van der Waals surface area contributed by atoms with Crippen molar-refractivity contribution in [3.63, 3.8) is 0 Å². The standard InChI is InChI=1S/C20H24N6O/c1-14-12-15(2)26(24-14)17-9-7-16(8-10-17)20(27)21-13-19-23-22-18-6-4-3-5-11-25(18)19/h7-10,12H,3-6,11,13H2,1-2H3,(H,21,27). The third kappa shape index (κ3) is 3.63. The number of amides is 1. The molecule has 140 valence electrons. The van der Waals surface area contributed by atoms with Crippen molar-refractivity contribution in [2.45, 2.75) is 52.6 Å². The van der Waals surface area contributed by atoms with E-state index in [1.165, 1.54) is 6.42 Å². The summed E-state index contributed by atoms with van der Waals surface area (Å²) in [7, 11) is 0. The Morgan fingerprint density at radius 2 is 1.93 bits per heavy atom. The Balaban J connectivity index is 1.43. The van der Waals surface area contributed by atoms with Gasteiger partial charge in [-0.1, -0.05) is 6.42 Å². The largest absolute Gasteiger partial charge is 0.345 e. The summed E-state index contributed by atoms with van der Waals surface area (Å²) in [6.07, 6.45) is 4.48. The van der Waals surface area contributed by atoms with E-state index in [1.54, 1.807) is 0 Å². The molecule has 27 heavy (non-hydrogen) atoms. The molecule has 0 saturated heterocycles. The third-order valence-electron chi connectivity index (χ3n) is 4.98. The predicted octanol–water partition coefficient (Wildman–Crippen LogP) is 2.74. The quantitative estimate of drug-likeness (QED) is 0.772. The van der Waals surface area contributed by atoms with Crippen LogP contribution in [-0.4, -0.2) is 30.5 Å². The molecule has 0 aliphatic carbocycles. The summed E-state index contributed by atoms with van der Waals surface area (Å²) >= 11 is 0. The zero-order valence-electron chi connectivity index (χ0n) is 15.8. The molecule has 1 aromatic carbocycles. The number of benzene rings is 1. The predicted molar refractivity (Wildman–Crippen MR) is 102 cm³/mol. The minimum Gasteiger partial charge on any atom is -0.345 e. The molecule has 3 heterocycles. The number of aryl methyl sites for hydroxylation is 3. The van der Waals surface area contributed by atoms with Crippen LogP contribution in [0.3, 0.4) is 0 Å². The first-order valence-corrected chi connectivity index (χ1v) is 9.44. The Kier molecular flexibility index (Phi) is 4.75. The second-order valence-corrected chi connectivity index (χ2v) is 7.06.